The number of hydrogen-bond donors (Lipinski definition) is 1. The van der Waals surface area contributed by atoms with E-state index in [-0.39, 0.29) is 17.4 Å². The average Bonchev–Trinajstić information content (AvgIpc) is 2.60. The van der Waals surface area contributed by atoms with Crippen molar-refractivity contribution in [2.75, 3.05) is 31.5 Å². The predicted octanol–water partition coefficient (Wildman–Crippen LogP) is 3.25. The molecule has 24 heavy (non-hydrogen) atoms. The van der Waals surface area contributed by atoms with E-state index >= 15 is 0 Å². The molecule has 1 aromatic rings. The molecule has 130 valence electrons. The Bertz CT molecular complexity index is 621. The van der Waals surface area contributed by atoms with E-state index in [0.29, 0.717) is 6.42 Å². The first-order chi connectivity index (χ1) is 11.5. The quantitative estimate of drug-likeness (QED) is 0.905. The van der Waals surface area contributed by atoms with Gasteiger partial charge >= 0.3 is 6.03 Å². The molecule has 1 spiro atoms. The summed E-state index contributed by atoms with van der Waals surface area (Å²) in [6.07, 6.45) is 3.59. The first-order valence-corrected chi connectivity index (χ1v) is 8.92. The van der Waals surface area contributed by atoms with Crippen LogP contribution in [0.4, 0.5) is 10.5 Å². The molecule has 1 aromatic carbocycles. The normalized spacial score (nSPS) is 20.3. The highest BCUT2D eigenvalue weighted by Crippen LogP contribution is 2.40. The number of carbonyl (C=O) groups excluding carboxylic acids is 2. The van der Waals surface area contributed by atoms with Gasteiger partial charge in [-0.1, -0.05) is 18.2 Å². The van der Waals surface area contributed by atoms with Crippen LogP contribution < -0.4 is 5.32 Å². The van der Waals surface area contributed by atoms with E-state index in [9.17, 15) is 9.59 Å². The Labute approximate surface area is 144 Å². The number of nitrogens with one attached hydrogen (secondary N) is 1. The highest BCUT2D eigenvalue weighted by Gasteiger charge is 2.41. The average molecular weight is 329 g/mol. The second kappa shape index (κ2) is 6.83. The predicted molar refractivity (Wildman–Crippen MR) is 94.9 cm³/mol. The molecular weight excluding hydrogens is 302 g/mol. The van der Waals surface area contributed by atoms with Crippen molar-refractivity contribution < 1.29 is 9.59 Å². The molecule has 0 aromatic heterocycles. The third-order valence-electron chi connectivity index (χ3n) is 5.63. The highest BCUT2D eigenvalue weighted by molar-refractivity contribution is 5.90. The SMILES string of the molecule is CCN1CC2(CCC1=O)CCN(C(=O)Nc1ccccc1C)CC2. The van der Waals surface area contributed by atoms with Crippen molar-refractivity contribution in [2.24, 2.45) is 5.41 Å². The smallest absolute Gasteiger partial charge is 0.321 e. The van der Waals surface area contributed by atoms with Crippen LogP contribution in [0.2, 0.25) is 0 Å². The molecule has 5 nitrogen and oxygen atoms in total. The van der Waals surface area contributed by atoms with E-state index < -0.39 is 0 Å². The molecule has 5 heteroatoms. The monoisotopic (exact) mass is 329 g/mol. The number of amides is 3. The van der Waals surface area contributed by atoms with E-state index in [1.165, 1.54) is 0 Å². The van der Waals surface area contributed by atoms with Crippen LogP contribution in [0.25, 0.3) is 0 Å². The van der Waals surface area contributed by atoms with Crippen molar-refractivity contribution in [3.05, 3.63) is 29.8 Å². The van der Waals surface area contributed by atoms with Gasteiger partial charge < -0.3 is 15.1 Å². The molecule has 3 rings (SSSR count). The summed E-state index contributed by atoms with van der Waals surface area (Å²) in [7, 11) is 0. The number of nitrogens with zero attached hydrogens (tertiary/aromatic N) is 2. The lowest BCUT2D eigenvalue weighted by molar-refractivity contribution is -0.138. The van der Waals surface area contributed by atoms with Gasteiger partial charge in [0, 0.05) is 38.3 Å². The number of likely N-dealkylation sites (tertiary alicyclic amines) is 2. The number of aryl methyl sites for hydroxylation is 1. The van der Waals surface area contributed by atoms with Crippen molar-refractivity contribution >= 4 is 17.6 Å². The fourth-order valence-electron chi connectivity index (χ4n) is 3.89. The van der Waals surface area contributed by atoms with Crippen molar-refractivity contribution in [3.63, 3.8) is 0 Å². The summed E-state index contributed by atoms with van der Waals surface area (Å²) in [5.41, 5.74) is 2.16. The summed E-state index contributed by atoms with van der Waals surface area (Å²) >= 11 is 0. The third-order valence-corrected chi connectivity index (χ3v) is 5.63. The van der Waals surface area contributed by atoms with Crippen LogP contribution in [0.3, 0.4) is 0 Å². The maximum Gasteiger partial charge on any atom is 0.321 e. The van der Waals surface area contributed by atoms with Gasteiger partial charge in [0.05, 0.1) is 0 Å². The van der Waals surface area contributed by atoms with Gasteiger partial charge in [0.1, 0.15) is 0 Å². The zero-order valence-corrected chi connectivity index (χ0v) is 14.7. The fraction of sp³-hybridized carbons (Fsp3) is 0.579. The number of urea groups is 1. The Hall–Kier alpha value is -2.04. The number of benzene rings is 1. The molecule has 2 aliphatic rings. The summed E-state index contributed by atoms with van der Waals surface area (Å²) in [4.78, 5) is 28.3. The van der Waals surface area contributed by atoms with Crippen LogP contribution in [0.1, 0.15) is 38.2 Å². The molecule has 2 heterocycles. The Kier molecular flexibility index (Phi) is 4.78. The molecule has 0 radical (unpaired) electrons. The largest absolute Gasteiger partial charge is 0.342 e. The topological polar surface area (TPSA) is 52.7 Å². The van der Waals surface area contributed by atoms with Gasteiger partial charge in [-0.2, -0.15) is 0 Å². The molecule has 2 saturated heterocycles. The van der Waals surface area contributed by atoms with Crippen LogP contribution in [0.15, 0.2) is 24.3 Å². The molecule has 2 fully saturated rings. The summed E-state index contributed by atoms with van der Waals surface area (Å²) in [5, 5.41) is 3.02. The molecule has 0 unspecified atom stereocenters. The minimum atomic E-state index is -0.0154. The van der Waals surface area contributed by atoms with Crippen molar-refractivity contribution in [2.45, 2.75) is 39.5 Å². The minimum absolute atomic E-state index is 0.0154. The first-order valence-electron chi connectivity index (χ1n) is 8.92. The van der Waals surface area contributed by atoms with Crippen molar-refractivity contribution in [1.29, 1.82) is 0 Å². The number of carbonyl (C=O) groups is 2. The number of anilines is 1. The fourth-order valence-corrected chi connectivity index (χ4v) is 3.89. The van der Waals surface area contributed by atoms with E-state index in [1.807, 2.05) is 47.9 Å². The molecular formula is C19H27N3O2. The molecule has 2 aliphatic heterocycles. The zero-order chi connectivity index (χ0) is 17.2. The van der Waals surface area contributed by atoms with E-state index in [1.54, 1.807) is 0 Å². The van der Waals surface area contributed by atoms with Crippen LogP contribution in [-0.2, 0) is 4.79 Å². The van der Waals surface area contributed by atoms with Gasteiger partial charge in [0.25, 0.3) is 0 Å². The first kappa shape index (κ1) is 16.8. The summed E-state index contributed by atoms with van der Waals surface area (Å²) in [6, 6.07) is 7.83. The van der Waals surface area contributed by atoms with Crippen molar-refractivity contribution in [3.8, 4) is 0 Å². The number of piperidine rings is 2. The van der Waals surface area contributed by atoms with E-state index in [2.05, 4.69) is 5.32 Å². The molecule has 0 aliphatic carbocycles. The van der Waals surface area contributed by atoms with Gasteiger partial charge in [0.15, 0.2) is 0 Å². The lowest BCUT2D eigenvalue weighted by Gasteiger charge is -2.47. The van der Waals surface area contributed by atoms with Gasteiger partial charge in [-0.3, -0.25) is 4.79 Å². The van der Waals surface area contributed by atoms with Gasteiger partial charge in [0.2, 0.25) is 5.91 Å². The van der Waals surface area contributed by atoms with Crippen LogP contribution in [0.5, 0.6) is 0 Å². The third kappa shape index (κ3) is 3.40. The number of hydrogen-bond acceptors (Lipinski definition) is 2. The number of rotatable bonds is 2. The standard InChI is InChI=1S/C19H27N3O2/c1-3-21-14-19(9-8-17(21)23)10-12-22(13-11-19)18(24)20-16-7-5-4-6-15(16)2/h4-7H,3,8-14H2,1-2H3,(H,20,24). The second-order valence-electron chi connectivity index (χ2n) is 7.14. The molecule has 3 amide bonds. The lowest BCUT2D eigenvalue weighted by atomic mass is 9.72. The summed E-state index contributed by atoms with van der Waals surface area (Å²) in [6.45, 7) is 7.22. The summed E-state index contributed by atoms with van der Waals surface area (Å²) in [5.74, 6) is 0.280. The van der Waals surface area contributed by atoms with Crippen LogP contribution in [0, 0.1) is 12.3 Å². The van der Waals surface area contributed by atoms with E-state index in [4.69, 9.17) is 0 Å². The van der Waals surface area contributed by atoms with Crippen LogP contribution >= 0.6 is 0 Å². The molecule has 0 atom stereocenters. The van der Waals surface area contributed by atoms with Gasteiger partial charge in [-0.15, -0.1) is 0 Å². The Morgan fingerprint density at radius 3 is 2.58 bits per heavy atom. The Balaban J connectivity index is 1.58. The molecule has 0 bridgehead atoms. The van der Waals surface area contributed by atoms with Gasteiger partial charge in [-0.05, 0) is 50.2 Å². The summed E-state index contributed by atoms with van der Waals surface area (Å²) < 4.78 is 0. The highest BCUT2D eigenvalue weighted by atomic mass is 16.2. The van der Waals surface area contributed by atoms with E-state index in [0.717, 1.165) is 56.7 Å². The molecule has 1 N–H and O–H groups in total. The Morgan fingerprint density at radius 1 is 1.21 bits per heavy atom. The number of para-hydroxylation sites is 1. The zero-order valence-electron chi connectivity index (χ0n) is 14.7. The second-order valence-corrected chi connectivity index (χ2v) is 7.14. The maximum absolute atomic E-state index is 12.5. The van der Waals surface area contributed by atoms with Crippen LogP contribution in [-0.4, -0.2) is 47.9 Å². The van der Waals surface area contributed by atoms with Crippen molar-refractivity contribution in [1.82, 2.24) is 9.80 Å². The molecule has 0 saturated carbocycles. The minimum Gasteiger partial charge on any atom is -0.342 e. The maximum atomic E-state index is 12.5. The lowest BCUT2D eigenvalue weighted by Crippen LogP contribution is -2.52. The Morgan fingerprint density at radius 2 is 1.92 bits per heavy atom. The van der Waals surface area contributed by atoms with Gasteiger partial charge in [-0.25, -0.2) is 4.79 Å².